The van der Waals surface area contributed by atoms with Crippen molar-refractivity contribution in [3.05, 3.63) is 29.8 Å². The number of benzene rings is 1. The van der Waals surface area contributed by atoms with E-state index in [1.165, 1.54) is 5.01 Å². The number of nitrogens with one attached hydrogen (secondary N) is 1. The van der Waals surface area contributed by atoms with Crippen LogP contribution in [0.4, 0.5) is 5.69 Å². The molecule has 1 amide bonds. The summed E-state index contributed by atoms with van der Waals surface area (Å²) in [4.78, 5) is 12.2. The highest BCUT2D eigenvalue weighted by Crippen LogP contribution is 2.42. The van der Waals surface area contributed by atoms with Crippen LogP contribution in [0.5, 0.6) is 0 Å². The smallest absolute Gasteiger partial charge is 0.249 e. The molecule has 2 aliphatic rings. The van der Waals surface area contributed by atoms with Crippen molar-refractivity contribution in [2.45, 2.75) is 18.8 Å². The maximum Gasteiger partial charge on any atom is 0.249 e. The van der Waals surface area contributed by atoms with Crippen LogP contribution in [0.2, 0.25) is 0 Å². The molecule has 0 saturated carbocycles. The maximum atomic E-state index is 12.2. The number of para-hydroxylation sites is 1. The third-order valence-electron chi connectivity index (χ3n) is 3.89. The largest absolute Gasteiger partial charge is 0.317 e. The summed E-state index contributed by atoms with van der Waals surface area (Å²) in [5, 5.41) is 4.65. The van der Waals surface area contributed by atoms with Crippen LogP contribution in [0.15, 0.2) is 24.3 Å². The highest BCUT2D eigenvalue weighted by Gasteiger charge is 2.40. The number of hydrogen-bond acceptors (Lipinski definition) is 3. The molecule has 0 bridgehead atoms. The number of hydrazine groups is 1. The maximum absolute atomic E-state index is 12.2. The van der Waals surface area contributed by atoms with Crippen LogP contribution in [0.1, 0.15) is 24.3 Å². The number of fused-ring (bicyclic) bond motifs is 1. The molecule has 90 valence electrons. The number of anilines is 1. The molecule has 1 aromatic rings. The number of carbonyl (C=O) groups is 1. The van der Waals surface area contributed by atoms with E-state index < -0.39 is 0 Å². The monoisotopic (exact) mass is 231 g/mol. The SMILES string of the molecule is NN1C(=O)C(C2CCNCC2)c2ccccc21. The Morgan fingerprint density at radius 2 is 1.94 bits per heavy atom. The molecule has 4 heteroatoms. The molecule has 3 rings (SSSR count). The van der Waals surface area contributed by atoms with Crippen LogP contribution in [0.3, 0.4) is 0 Å². The number of rotatable bonds is 1. The fourth-order valence-electron chi connectivity index (χ4n) is 3.00. The predicted octanol–water partition coefficient (Wildman–Crippen LogP) is 0.990. The second-order valence-corrected chi connectivity index (χ2v) is 4.83. The van der Waals surface area contributed by atoms with E-state index in [0.29, 0.717) is 5.92 Å². The van der Waals surface area contributed by atoms with Gasteiger partial charge in [-0.25, -0.2) is 10.9 Å². The summed E-state index contributed by atoms with van der Waals surface area (Å²) in [5.74, 6) is 6.31. The molecule has 4 nitrogen and oxygen atoms in total. The summed E-state index contributed by atoms with van der Waals surface area (Å²) in [6, 6.07) is 7.87. The number of piperidine rings is 1. The Morgan fingerprint density at radius 1 is 1.24 bits per heavy atom. The van der Waals surface area contributed by atoms with Crippen LogP contribution >= 0.6 is 0 Å². The van der Waals surface area contributed by atoms with Gasteiger partial charge in [-0.1, -0.05) is 18.2 Å². The third kappa shape index (κ3) is 1.64. The zero-order valence-electron chi connectivity index (χ0n) is 9.73. The van der Waals surface area contributed by atoms with Crippen LogP contribution in [-0.2, 0) is 4.79 Å². The van der Waals surface area contributed by atoms with Gasteiger partial charge in [0.1, 0.15) is 0 Å². The summed E-state index contributed by atoms with van der Waals surface area (Å²) in [6.07, 6.45) is 2.11. The first-order chi connectivity index (χ1) is 8.29. The van der Waals surface area contributed by atoms with Gasteiger partial charge in [-0.2, -0.15) is 0 Å². The molecular weight excluding hydrogens is 214 g/mol. The minimum absolute atomic E-state index is 0.0294. The highest BCUT2D eigenvalue weighted by molar-refractivity contribution is 6.04. The summed E-state index contributed by atoms with van der Waals surface area (Å²) < 4.78 is 0. The van der Waals surface area contributed by atoms with Gasteiger partial charge in [0, 0.05) is 0 Å². The molecule has 1 saturated heterocycles. The lowest BCUT2D eigenvalue weighted by molar-refractivity contribution is -0.120. The van der Waals surface area contributed by atoms with Gasteiger partial charge in [-0.3, -0.25) is 4.79 Å². The molecule has 3 N–H and O–H groups in total. The Bertz CT molecular complexity index is 440. The molecular formula is C13H17N3O. The van der Waals surface area contributed by atoms with Crippen molar-refractivity contribution in [1.82, 2.24) is 5.32 Å². The molecule has 0 aromatic heterocycles. The van der Waals surface area contributed by atoms with Gasteiger partial charge in [0.05, 0.1) is 11.6 Å². The first kappa shape index (κ1) is 10.7. The zero-order chi connectivity index (χ0) is 11.8. The Morgan fingerprint density at radius 3 is 2.71 bits per heavy atom. The van der Waals surface area contributed by atoms with Crippen molar-refractivity contribution in [3.63, 3.8) is 0 Å². The van der Waals surface area contributed by atoms with E-state index in [1.54, 1.807) is 0 Å². The van der Waals surface area contributed by atoms with Crippen LogP contribution in [0.25, 0.3) is 0 Å². The van der Waals surface area contributed by atoms with Gasteiger partial charge in [0.15, 0.2) is 0 Å². The van der Waals surface area contributed by atoms with E-state index in [0.717, 1.165) is 37.2 Å². The lowest BCUT2D eigenvalue weighted by atomic mass is 9.81. The summed E-state index contributed by atoms with van der Waals surface area (Å²) in [7, 11) is 0. The standard InChI is InChI=1S/C13H17N3O/c14-16-11-4-2-1-3-10(11)12(13(16)17)9-5-7-15-8-6-9/h1-4,9,12,15H,5-8,14H2. The van der Waals surface area contributed by atoms with Crippen molar-refractivity contribution in [3.8, 4) is 0 Å². The fourth-order valence-corrected chi connectivity index (χ4v) is 3.00. The Hall–Kier alpha value is -1.39. The molecule has 0 aliphatic carbocycles. The van der Waals surface area contributed by atoms with Gasteiger partial charge in [0.2, 0.25) is 5.91 Å². The second kappa shape index (κ2) is 4.13. The van der Waals surface area contributed by atoms with Gasteiger partial charge in [-0.05, 0) is 43.5 Å². The second-order valence-electron chi connectivity index (χ2n) is 4.83. The Balaban J connectivity index is 1.97. The van der Waals surface area contributed by atoms with E-state index in [-0.39, 0.29) is 11.8 Å². The van der Waals surface area contributed by atoms with Crippen LogP contribution in [0, 0.1) is 5.92 Å². The molecule has 17 heavy (non-hydrogen) atoms. The third-order valence-corrected chi connectivity index (χ3v) is 3.89. The Labute approximate surface area is 101 Å². The molecule has 1 unspecified atom stereocenters. The van der Waals surface area contributed by atoms with Crippen molar-refractivity contribution in [2.75, 3.05) is 18.1 Å². The Kier molecular flexibility index (Phi) is 2.61. The number of nitrogens with two attached hydrogens (primary N) is 1. The predicted molar refractivity (Wildman–Crippen MR) is 66.5 cm³/mol. The topological polar surface area (TPSA) is 58.4 Å². The van der Waals surface area contributed by atoms with Gasteiger partial charge in [0.25, 0.3) is 0 Å². The molecule has 1 fully saturated rings. The fraction of sp³-hybridized carbons (Fsp3) is 0.462. The average molecular weight is 231 g/mol. The lowest BCUT2D eigenvalue weighted by Crippen LogP contribution is -2.39. The van der Waals surface area contributed by atoms with Crippen molar-refractivity contribution in [2.24, 2.45) is 11.8 Å². The molecule has 1 atom stereocenters. The van der Waals surface area contributed by atoms with Gasteiger partial charge < -0.3 is 5.32 Å². The van der Waals surface area contributed by atoms with Gasteiger partial charge >= 0.3 is 0 Å². The van der Waals surface area contributed by atoms with Crippen molar-refractivity contribution in [1.29, 1.82) is 0 Å². The normalized spacial score (nSPS) is 25.1. The molecule has 2 aliphatic heterocycles. The zero-order valence-corrected chi connectivity index (χ0v) is 9.73. The van der Waals surface area contributed by atoms with E-state index in [4.69, 9.17) is 5.84 Å². The highest BCUT2D eigenvalue weighted by atomic mass is 16.2. The number of amides is 1. The molecule has 2 heterocycles. The van der Waals surface area contributed by atoms with Crippen molar-refractivity contribution >= 4 is 11.6 Å². The quantitative estimate of drug-likeness (QED) is 0.560. The first-order valence-corrected chi connectivity index (χ1v) is 6.17. The molecule has 1 aromatic carbocycles. The van der Waals surface area contributed by atoms with E-state index in [2.05, 4.69) is 5.32 Å². The summed E-state index contributed by atoms with van der Waals surface area (Å²) in [5.41, 5.74) is 1.98. The minimum atomic E-state index is -0.0294. The first-order valence-electron chi connectivity index (χ1n) is 6.17. The van der Waals surface area contributed by atoms with Gasteiger partial charge in [-0.15, -0.1) is 0 Å². The summed E-state index contributed by atoms with van der Waals surface area (Å²) in [6.45, 7) is 2.00. The van der Waals surface area contributed by atoms with E-state index >= 15 is 0 Å². The van der Waals surface area contributed by atoms with Crippen molar-refractivity contribution < 1.29 is 4.79 Å². The van der Waals surface area contributed by atoms with Crippen LogP contribution in [-0.4, -0.2) is 19.0 Å². The van der Waals surface area contributed by atoms with Crippen LogP contribution < -0.4 is 16.2 Å². The lowest BCUT2D eigenvalue weighted by Gasteiger charge is -2.27. The number of hydrogen-bond donors (Lipinski definition) is 2. The van der Waals surface area contributed by atoms with E-state index in [1.807, 2.05) is 24.3 Å². The number of nitrogens with zero attached hydrogens (tertiary/aromatic N) is 1. The molecule has 0 spiro atoms. The summed E-state index contributed by atoms with van der Waals surface area (Å²) >= 11 is 0. The number of carbonyl (C=O) groups excluding carboxylic acids is 1. The average Bonchev–Trinajstić information content (AvgIpc) is 2.64. The minimum Gasteiger partial charge on any atom is -0.317 e. The van der Waals surface area contributed by atoms with E-state index in [9.17, 15) is 4.79 Å². The molecule has 0 radical (unpaired) electrons.